The number of amides is 3. The summed E-state index contributed by atoms with van der Waals surface area (Å²) in [4.78, 5) is 44.9. The highest BCUT2D eigenvalue weighted by molar-refractivity contribution is 5.97. The number of piperidine rings is 1. The topological polar surface area (TPSA) is 82.2 Å². The zero-order chi connectivity index (χ0) is 25.7. The Morgan fingerprint density at radius 3 is 2.41 bits per heavy atom. The van der Waals surface area contributed by atoms with E-state index < -0.39 is 5.54 Å². The number of hydrogen-bond acceptors (Lipinski definition) is 5. The number of hydrogen-bond donors (Lipinski definition) is 1. The van der Waals surface area contributed by atoms with E-state index in [4.69, 9.17) is 4.74 Å². The van der Waals surface area contributed by atoms with Gasteiger partial charge in [0.1, 0.15) is 12.1 Å². The van der Waals surface area contributed by atoms with Crippen LogP contribution in [0.2, 0.25) is 0 Å². The summed E-state index contributed by atoms with van der Waals surface area (Å²) in [5.41, 5.74) is 1.15. The highest BCUT2D eigenvalue weighted by Crippen LogP contribution is 2.39. The van der Waals surface area contributed by atoms with Crippen molar-refractivity contribution in [3.8, 4) is 0 Å². The van der Waals surface area contributed by atoms with Crippen LogP contribution in [-0.4, -0.2) is 78.6 Å². The van der Waals surface area contributed by atoms with E-state index in [0.29, 0.717) is 39.1 Å². The van der Waals surface area contributed by atoms with Crippen LogP contribution in [-0.2, 0) is 19.1 Å². The fraction of sp³-hybridized carbons (Fsp3) is 0.414. The highest BCUT2D eigenvalue weighted by Gasteiger charge is 2.54. The molecule has 2 aromatic rings. The third-order valence-corrected chi connectivity index (χ3v) is 7.59. The van der Waals surface area contributed by atoms with Crippen molar-refractivity contribution >= 4 is 29.5 Å². The molecule has 0 aliphatic carbocycles. The molecule has 0 bridgehead atoms. The second-order valence-corrected chi connectivity index (χ2v) is 9.95. The molecule has 3 fully saturated rings. The maximum absolute atomic E-state index is 13.8. The molecule has 37 heavy (non-hydrogen) atoms. The maximum atomic E-state index is 13.8. The van der Waals surface area contributed by atoms with Crippen molar-refractivity contribution in [2.75, 3.05) is 44.4 Å². The SMILES string of the molecule is O=C(CN1CN(c2ccccc2)C2(CCN(C(=O)/C=C/c3ccccc3)CC2)C1=O)NCC1CCCO1. The van der Waals surface area contributed by atoms with Crippen LogP contribution in [0, 0.1) is 0 Å². The number of nitrogens with one attached hydrogen (secondary N) is 1. The zero-order valence-corrected chi connectivity index (χ0v) is 21.1. The van der Waals surface area contributed by atoms with Gasteiger partial charge in [-0.05, 0) is 49.5 Å². The number of ether oxygens (including phenoxy) is 1. The van der Waals surface area contributed by atoms with Gasteiger partial charge in [0.15, 0.2) is 0 Å². The smallest absolute Gasteiger partial charge is 0.250 e. The Balaban J connectivity index is 1.26. The van der Waals surface area contributed by atoms with Gasteiger partial charge >= 0.3 is 0 Å². The number of rotatable bonds is 7. The normalized spacial score (nSPS) is 21.2. The Bertz CT molecular complexity index is 1120. The number of para-hydroxylation sites is 1. The lowest BCUT2D eigenvalue weighted by Gasteiger charge is -2.43. The van der Waals surface area contributed by atoms with Gasteiger partial charge in [-0.15, -0.1) is 0 Å². The molecule has 3 saturated heterocycles. The van der Waals surface area contributed by atoms with E-state index in [-0.39, 0.29) is 30.4 Å². The van der Waals surface area contributed by atoms with E-state index in [1.807, 2.05) is 66.7 Å². The van der Waals surface area contributed by atoms with Crippen LogP contribution >= 0.6 is 0 Å². The third-order valence-electron chi connectivity index (χ3n) is 7.59. The summed E-state index contributed by atoms with van der Waals surface area (Å²) in [5.74, 6) is -0.274. The number of carbonyl (C=O) groups is 3. The van der Waals surface area contributed by atoms with Crippen LogP contribution in [0.5, 0.6) is 0 Å². The van der Waals surface area contributed by atoms with Crippen molar-refractivity contribution in [2.24, 2.45) is 0 Å². The predicted octanol–water partition coefficient (Wildman–Crippen LogP) is 2.66. The lowest BCUT2D eigenvalue weighted by Crippen LogP contribution is -2.57. The quantitative estimate of drug-likeness (QED) is 0.589. The molecule has 0 saturated carbocycles. The Hall–Kier alpha value is -3.65. The minimum atomic E-state index is -0.768. The van der Waals surface area contributed by atoms with Crippen LogP contribution < -0.4 is 10.2 Å². The molecule has 3 aliphatic rings. The maximum Gasteiger partial charge on any atom is 0.250 e. The first-order valence-electron chi connectivity index (χ1n) is 13.1. The summed E-state index contributed by atoms with van der Waals surface area (Å²) in [6, 6.07) is 19.6. The minimum Gasteiger partial charge on any atom is -0.376 e. The molecule has 3 heterocycles. The summed E-state index contributed by atoms with van der Waals surface area (Å²) < 4.78 is 5.59. The number of carbonyl (C=O) groups excluding carboxylic acids is 3. The van der Waals surface area contributed by atoms with Crippen LogP contribution in [0.3, 0.4) is 0 Å². The Morgan fingerprint density at radius 1 is 1.03 bits per heavy atom. The van der Waals surface area contributed by atoms with Crippen LogP contribution in [0.15, 0.2) is 66.7 Å². The molecule has 0 aromatic heterocycles. The Morgan fingerprint density at radius 2 is 1.73 bits per heavy atom. The lowest BCUT2D eigenvalue weighted by atomic mass is 9.85. The molecule has 194 valence electrons. The Labute approximate surface area is 217 Å². The second-order valence-electron chi connectivity index (χ2n) is 9.95. The van der Waals surface area contributed by atoms with Gasteiger partial charge < -0.3 is 24.8 Å². The standard InChI is InChI=1S/C29H34N4O4/c34-26(30-20-25-12-7-19-37-25)21-32-22-33(24-10-5-2-6-11-24)29(28(32)36)15-17-31(18-16-29)27(35)14-13-23-8-3-1-4-9-23/h1-6,8-11,13-14,25H,7,12,15-22H2,(H,30,34)/b14-13+. The predicted molar refractivity (Wildman–Crippen MR) is 142 cm³/mol. The number of benzene rings is 2. The summed E-state index contributed by atoms with van der Waals surface area (Å²) in [7, 11) is 0. The fourth-order valence-electron chi connectivity index (χ4n) is 5.52. The molecule has 5 rings (SSSR count). The van der Waals surface area contributed by atoms with Crippen molar-refractivity contribution in [3.05, 3.63) is 72.3 Å². The molecule has 3 aliphatic heterocycles. The molecule has 1 atom stereocenters. The first-order chi connectivity index (χ1) is 18.0. The first-order valence-corrected chi connectivity index (χ1v) is 13.1. The lowest BCUT2D eigenvalue weighted by molar-refractivity contribution is -0.138. The minimum absolute atomic E-state index is 0.0130. The summed E-state index contributed by atoms with van der Waals surface area (Å²) in [6.45, 7) is 2.53. The molecular weight excluding hydrogens is 468 g/mol. The van der Waals surface area contributed by atoms with Gasteiger partial charge in [0.05, 0.1) is 12.8 Å². The monoisotopic (exact) mass is 502 g/mol. The average Bonchev–Trinajstić information content (AvgIpc) is 3.55. The molecule has 8 nitrogen and oxygen atoms in total. The summed E-state index contributed by atoms with van der Waals surface area (Å²) in [6.07, 6.45) is 6.47. The van der Waals surface area contributed by atoms with Crippen molar-refractivity contribution in [1.82, 2.24) is 15.1 Å². The number of likely N-dealkylation sites (tertiary alicyclic amines) is 1. The van der Waals surface area contributed by atoms with Crippen molar-refractivity contribution in [2.45, 2.75) is 37.3 Å². The Kier molecular flexibility index (Phi) is 7.55. The zero-order valence-electron chi connectivity index (χ0n) is 21.1. The molecule has 8 heteroatoms. The number of anilines is 1. The van der Waals surface area contributed by atoms with E-state index in [1.54, 1.807) is 15.9 Å². The van der Waals surface area contributed by atoms with E-state index in [2.05, 4.69) is 10.2 Å². The van der Waals surface area contributed by atoms with Crippen LogP contribution in [0.25, 0.3) is 6.08 Å². The van der Waals surface area contributed by atoms with E-state index in [1.165, 1.54) is 0 Å². The van der Waals surface area contributed by atoms with Gasteiger partial charge in [-0.2, -0.15) is 0 Å². The summed E-state index contributed by atoms with van der Waals surface area (Å²) >= 11 is 0. The molecule has 1 N–H and O–H groups in total. The summed E-state index contributed by atoms with van der Waals surface area (Å²) in [5, 5.41) is 2.93. The van der Waals surface area contributed by atoms with Gasteiger partial charge in [-0.3, -0.25) is 14.4 Å². The van der Waals surface area contributed by atoms with E-state index in [9.17, 15) is 14.4 Å². The van der Waals surface area contributed by atoms with Gasteiger partial charge in [-0.25, -0.2) is 0 Å². The van der Waals surface area contributed by atoms with E-state index >= 15 is 0 Å². The second kappa shape index (κ2) is 11.2. The van der Waals surface area contributed by atoms with Crippen molar-refractivity contribution in [1.29, 1.82) is 0 Å². The molecule has 2 aromatic carbocycles. The van der Waals surface area contributed by atoms with E-state index in [0.717, 1.165) is 30.7 Å². The number of nitrogens with zero attached hydrogens (tertiary/aromatic N) is 3. The molecule has 0 radical (unpaired) electrons. The van der Waals surface area contributed by atoms with Gasteiger partial charge in [0.25, 0.3) is 5.91 Å². The molecule has 1 spiro atoms. The van der Waals surface area contributed by atoms with Gasteiger partial charge in [0.2, 0.25) is 11.8 Å². The molecular formula is C29H34N4O4. The van der Waals surface area contributed by atoms with Gasteiger partial charge in [-0.1, -0.05) is 48.5 Å². The average molecular weight is 503 g/mol. The van der Waals surface area contributed by atoms with Gasteiger partial charge in [0, 0.05) is 38.0 Å². The van der Waals surface area contributed by atoms with Crippen molar-refractivity contribution in [3.63, 3.8) is 0 Å². The molecule has 1 unspecified atom stereocenters. The largest absolute Gasteiger partial charge is 0.376 e. The van der Waals surface area contributed by atoms with Crippen LogP contribution in [0.1, 0.15) is 31.2 Å². The van der Waals surface area contributed by atoms with Crippen LogP contribution in [0.4, 0.5) is 5.69 Å². The molecule has 3 amide bonds. The third kappa shape index (κ3) is 5.54. The first kappa shape index (κ1) is 25.0. The highest BCUT2D eigenvalue weighted by atomic mass is 16.5. The van der Waals surface area contributed by atoms with Crippen molar-refractivity contribution < 1.29 is 19.1 Å². The fourth-order valence-corrected chi connectivity index (χ4v) is 5.52.